The Balaban J connectivity index is 2.04. The van der Waals surface area contributed by atoms with E-state index in [2.05, 4.69) is 25.6 Å². The largest absolute Gasteiger partial charge is 0.312 e. The van der Waals surface area contributed by atoms with Crippen LogP contribution in [0.25, 0.3) is 5.95 Å². The molecule has 2 aromatic heterocycles. The average molecular weight is 202 g/mol. The van der Waals surface area contributed by atoms with Gasteiger partial charge in [0.2, 0.25) is 0 Å². The van der Waals surface area contributed by atoms with E-state index in [1.165, 1.54) is 5.56 Å². The number of hydrogen-bond donors (Lipinski definition) is 1. The van der Waals surface area contributed by atoms with E-state index in [-0.39, 0.29) is 0 Å². The third-order valence-electron chi connectivity index (χ3n) is 2.42. The first-order valence-corrected chi connectivity index (χ1v) is 4.86. The van der Waals surface area contributed by atoms with Crippen molar-refractivity contribution in [1.82, 2.24) is 30.3 Å². The number of nitrogens with zero attached hydrogens (tertiary/aromatic N) is 5. The van der Waals surface area contributed by atoms with Crippen molar-refractivity contribution in [2.45, 2.75) is 13.0 Å². The van der Waals surface area contributed by atoms with Crippen LogP contribution in [0.15, 0.2) is 18.6 Å². The predicted octanol–water partition coefficient (Wildman–Crippen LogP) is -0.297. The molecule has 6 heteroatoms. The second-order valence-corrected chi connectivity index (χ2v) is 3.42. The minimum atomic E-state index is 0.591. The summed E-state index contributed by atoms with van der Waals surface area (Å²) >= 11 is 0. The first kappa shape index (κ1) is 8.49. The standard InChI is InChI=1S/C9H10N6/c1-2-10-5-7-6-11-9(13-8(1)7)15-4-3-12-14-15/h3-4,6,10H,1-2,5H2. The molecule has 1 N–H and O–H groups in total. The number of fused-ring (bicyclic) bond motifs is 1. The highest BCUT2D eigenvalue weighted by molar-refractivity contribution is 5.24. The molecule has 0 saturated heterocycles. The quantitative estimate of drug-likeness (QED) is 0.687. The first-order chi connectivity index (χ1) is 7.43. The van der Waals surface area contributed by atoms with E-state index in [1.54, 1.807) is 17.1 Å². The topological polar surface area (TPSA) is 68.5 Å². The minimum Gasteiger partial charge on any atom is -0.312 e. The molecule has 6 nitrogen and oxygen atoms in total. The van der Waals surface area contributed by atoms with Crippen LogP contribution in [0.3, 0.4) is 0 Å². The first-order valence-electron chi connectivity index (χ1n) is 4.86. The summed E-state index contributed by atoms with van der Waals surface area (Å²) in [5, 5.41) is 10.9. The van der Waals surface area contributed by atoms with Crippen LogP contribution in [-0.4, -0.2) is 31.5 Å². The van der Waals surface area contributed by atoms with Crippen molar-refractivity contribution in [2.24, 2.45) is 0 Å². The van der Waals surface area contributed by atoms with Crippen molar-refractivity contribution < 1.29 is 0 Å². The molecule has 76 valence electrons. The Morgan fingerprint density at radius 2 is 2.40 bits per heavy atom. The normalized spacial score (nSPS) is 14.9. The molecule has 3 rings (SSSR count). The van der Waals surface area contributed by atoms with Gasteiger partial charge in [-0.3, -0.25) is 0 Å². The van der Waals surface area contributed by atoms with Crippen LogP contribution in [0.1, 0.15) is 11.3 Å². The Kier molecular flexibility index (Phi) is 1.92. The second-order valence-electron chi connectivity index (χ2n) is 3.42. The van der Waals surface area contributed by atoms with Gasteiger partial charge in [-0.1, -0.05) is 5.21 Å². The maximum absolute atomic E-state index is 4.47. The summed E-state index contributed by atoms with van der Waals surface area (Å²) < 4.78 is 1.57. The van der Waals surface area contributed by atoms with Crippen LogP contribution in [0.4, 0.5) is 0 Å². The Labute approximate surface area is 86.4 Å². The van der Waals surface area contributed by atoms with Gasteiger partial charge in [-0.25, -0.2) is 9.97 Å². The lowest BCUT2D eigenvalue weighted by atomic mass is 10.1. The van der Waals surface area contributed by atoms with Crippen LogP contribution < -0.4 is 5.32 Å². The van der Waals surface area contributed by atoms with Gasteiger partial charge in [-0.2, -0.15) is 4.68 Å². The fourth-order valence-electron chi connectivity index (χ4n) is 1.65. The van der Waals surface area contributed by atoms with Gasteiger partial charge in [0, 0.05) is 31.3 Å². The van der Waals surface area contributed by atoms with Crippen molar-refractivity contribution in [2.75, 3.05) is 6.54 Å². The van der Waals surface area contributed by atoms with Crippen LogP contribution in [0.2, 0.25) is 0 Å². The maximum atomic E-state index is 4.47. The summed E-state index contributed by atoms with van der Waals surface area (Å²) in [6.07, 6.45) is 6.15. The van der Waals surface area contributed by atoms with E-state index in [4.69, 9.17) is 0 Å². The molecule has 15 heavy (non-hydrogen) atoms. The zero-order valence-electron chi connectivity index (χ0n) is 8.09. The summed E-state index contributed by atoms with van der Waals surface area (Å²) in [7, 11) is 0. The maximum Gasteiger partial charge on any atom is 0.252 e. The number of aromatic nitrogens is 5. The molecule has 3 heterocycles. The smallest absolute Gasteiger partial charge is 0.252 e. The molecule has 0 amide bonds. The number of hydrogen-bond acceptors (Lipinski definition) is 5. The Bertz CT molecular complexity index is 463. The molecule has 0 bridgehead atoms. The molecule has 0 radical (unpaired) electrons. The van der Waals surface area contributed by atoms with Gasteiger partial charge in [0.1, 0.15) is 0 Å². The molecule has 0 aliphatic carbocycles. The van der Waals surface area contributed by atoms with Gasteiger partial charge < -0.3 is 5.32 Å². The molecule has 1 aliphatic rings. The summed E-state index contributed by atoms with van der Waals surface area (Å²) in [6, 6.07) is 0. The lowest BCUT2D eigenvalue weighted by Gasteiger charge is -2.15. The summed E-state index contributed by atoms with van der Waals surface area (Å²) in [5.74, 6) is 0.591. The SMILES string of the molecule is c1cn(-c2ncc3c(n2)CCNC3)nn1. The van der Waals surface area contributed by atoms with E-state index in [1.807, 2.05) is 6.20 Å². The van der Waals surface area contributed by atoms with Gasteiger partial charge in [0.25, 0.3) is 5.95 Å². The van der Waals surface area contributed by atoms with Crippen LogP contribution in [0, 0.1) is 0 Å². The lowest BCUT2D eigenvalue weighted by molar-refractivity contribution is 0.618. The minimum absolute atomic E-state index is 0.591. The monoisotopic (exact) mass is 202 g/mol. The fraction of sp³-hybridized carbons (Fsp3) is 0.333. The van der Waals surface area contributed by atoms with Crippen LogP contribution in [-0.2, 0) is 13.0 Å². The highest BCUT2D eigenvalue weighted by Gasteiger charge is 2.12. The van der Waals surface area contributed by atoms with Crippen molar-refractivity contribution in [3.05, 3.63) is 29.8 Å². The molecule has 0 atom stereocenters. The van der Waals surface area contributed by atoms with E-state index < -0.39 is 0 Å². The van der Waals surface area contributed by atoms with Crippen LogP contribution in [0.5, 0.6) is 0 Å². The number of nitrogens with one attached hydrogen (secondary N) is 1. The molecule has 0 saturated carbocycles. The Morgan fingerprint density at radius 3 is 3.27 bits per heavy atom. The third kappa shape index (κ3) is 1.48. The van der Waals surface area contributed by atoms with Gasteiger partial charge in [-0.15, -0.1) is 5.10 Å². The highest BCUT2D eigenvalue weighted by Crippen LogP contribution is 2.11. The van der Waals surface area contributed by atoms with Crippen molar-refractivity contribution in [3.8, 4) is 5.95 Å². The van der Waals surface area contributed by atoms with Crippen molar-refractivity contribution >= 4 is 0 Å². The molecular weight excluding hydrogens is 192 g/mol. The van der Waals surface area contributed by atoms with E-state index in [0.29, 0.717) is 5.95 Å². The van der Waals surface area contributed by atoms with Gasteiger partial charge in [0.05, 0.1) is 18.1 Å². The van der Waals surface area contributed by atoms with Gasteiger partial charge in [0.15, 0.2) is 0 Å². The molecule has 0 aromatic carbocycles. The number of rotatable bonds is 1. The molecule has 0 unspecified atom stereocenters. The molecule has 0 spiro atoms. The zero-order chi connectivity index (χ0) is 10.1. The highest BCUT2D eigenvalue weighted by atomic mass is 15.5. The molecule has 1 aliphatic heterocycles. The lowest BCUT2D eigenvalue weighted by Crippen LogP contribution is -2.25. The molecule has 2 aromatic rings. The summed E-state index contributed by atoms with van der Waals surface area (Å²) in [6.45, 7) is 1.83. The summed E-state index contributed by atoms with van der Waals surface area (Å²) in [5.41, 5.74) is 2.28. The Morgan fingerprint density at radius 1 is 1.40 bits per heavy atom. The predicted molar refractivity (Wildman–Crippen MR) is 52.4 cm³/mol. The molecular formula is C9H10N6. The van der Waals surface area contributed by atoms with Gasteiger partial charge in [-0.05, 0) is 0 Å². The van der Waals surface area contributed by atoms with Gasteiger partial charge >= 0.3 is 0 Å². The van der Waals surface area contributed by atoms with E-state index in [9.17, 15) is 0 Å². The van der Waals surface area contributed by atoms with E-state index >= 15 is 0 Å². The zero-order valence-corrected chi connectivity index (χ0v) is 8.09. The Hall–Kier alpha value is -1.82. The fourth-order valence-corrected chi connectivity index (χ4v) is 1.65. The van der Waals surface area contributed by atoms with Crippen molar-refractivity contribution in [1.29, 1.82) is 0 Å². The second kappa shape index (κ2) is 3.39. The average Bonchev–Trinajstić information content (AvgIpc) is 2.82. The van der Waals surface area contributed by atoms with E-state index in [0.717, 1.165) is 25.2 Å². The summed E-state index contributed by atoms with van der Waals surface area (Å²) in [4.78, 5) is 8.71. The van der Waals surface area contributed by atoms with Crippen molar-refractivity contribution in [3.63, 3.8) is 0 Å². The third-order valence-corrected chi connectivity index (χ3v) is 2.42. The molecule has 0 fully saturated rings. The van der Waals surface area contributed by atoms with Crippen LogP contribution >= 0.6 is 0 Å².